The molecular formula is C19H19ClN2O5. The first-order chi connectivity index (χ1) is 13.0. The Morgan fingerprint density at radius 2 is 1.93 bits per heavy atom. The fourth-order valence-electron chi connectivity index (χ4n) is 2.48. The van der Waals surface area contributed by atoms with Gasteiger partial charge >= 0.3 is 0 Å². The number of anilines is 1. The van der Waals surface area contributed by atoms with E-state index in [-0.39, 0.29) is 13.2 Å². The molecule has 0 spiro atoms. The van der Waals surface area contributed by atoms with Crippen LogP contribution in [0.1, 0.15) is 5.56 Å². The standard InChI is InChI=1S/C19H19ClN2O5/c20-15-6-13(1-2-16(15)21)27-18-3-4-22-17-7-19(26-10-12(25)9-24)11(8-23)5-14(17)18/h1-7,12,23-25H,8-10,21H2/t12-/m0/s1. The van der Waals surface area contributed by atoms with Crippen LogP contribution in [-0.4, -0.2) is 39.6 Å². The lowest BCUT2D eigenvalue weighted by Crippen LogP contribution is -2.21. The molecule has 8 heteroatoms. The van der Waals surface area contributed by atoms with E-state index in [1.54, 1.807) is 42.6 Å². The average Bonchev–Trinajstić information content (AvgIpc) is 2.68. The van der Waals surface area contributed by atoms with Crippen LogP contribution >= 0.6 is 11.6 Å². The highest BCUT2D eigenvalue weighted by Gasteiger charge is 2.13. The molecule has 3 aromatic rings. The Balaban J connectivity index is 1.96. The summed E-state index contributed by atoms with van der Waals surface area (Å²) in [6.45, 7) is -0.792. The van der Waals surface area contributed by atoms with E-state index in [1.165, 1.54) is 0 Å². The molecule has 0 radical (unpaired) electrons. The quantitative estimate of drug-likeness (QED) is 0.458. The number of hydrogen-bond acceptors (Lipinski definition) is 7. The number of aliphatic hydroxyl groups is 3. The lowest BCUT2D eigenvalue weighted by Gasteiger charge is -2.15. The largest absolute Gasteiger partial charge is 0.490 e. The van der Waals surface area contributed by atoms with Crippen molar-refractivity contribution in [3.63, 3.8) is 0 Å². The number of nitrogens with zero attached hydrogens (tertiary/aromatic N) is 1. The van der Waals surface area contributed by atoms with Gasteiger partial charge in [-0.05, 0) is 24.3 Å². The van der Waals surface area contributed by atoms with Gasteiger partial charge in [0, 0.05) is 29.3 Å². The number of ether oxygens (including phenoxy) is 2. The molecule has 0 amide bonds. The number of nitrogen functional groups attached to an aromatic ring is 1. The number of halogens is 1. The SMILES string of the molecule is Nc1ccc(Oc2ccnc3cc(OC[C@@H](O)CO)c(CO)cc23)cc1Cl. The second kappa shape index (κ2) is 8.41. The molecule has 3 rings (SSSR count). The summed E-state index contributed by atoms with van der Waals surface area (Å²) in [7, 11) is 0. The number of nitrogens with two attached hydrogens (primary N) is 1. The zero-order valence-corrected chi connectivity index (χ0v) is 15.1. The maximum absolute atomic E-state index is 9.66. The van der Waals surface area contributed by atoms with Crippen LogP contribution in [-0.2, 0) is 6.61 Å². The van der Waals surface area contributed by atoms with Crippen LogP contribution in [0.25, 0.3) is 10.9 Å². The van der Waals surface area contributed by atoms with Gasteiger partial charge in [-0.25, -0.2) is 0 Å². The first kappa shape index (κ1) is 19.2. The van der Waals surface area contributed by atoms with Gasteiger partial charge < -0.3 is 30.5 Å². The van der Waals surface area contributed by atoms with Crippen molar-refractivity contribution in [2.45, 2.75) is 12.7 Å². The molecule has 0 aliphatic heterocycles. The Kier molecular flexibility index (Phi) is 5.98. The molecule has 27 heavy (non-hydrogen) atoms. The van der Waals surface area contributed by atoms with Crippen molar-refractivity contribution in [1.82, 2.24) is 4.98 Å². The molecule has 0 bridgehead atoms. The lowest BCUT2D eigenvalue weighted by atomic mass is 10.1. The van der Waals surface area contributed by atoms with Crippen LogP contribution in [0.15, 0.2) is 42.6 Å². The molecule has 0 unspecified atom stereocenters. The lowest BCUT2D eigenvalue weighted by molar-refractivity contribution is 0.0529. The van der Waals surface area contributed by atoms with E-state index in [0.717, 1.165) is 0 Å². The van der Waals surface area contributed by atoms with Crippen molar-refractivity contribution in [1.29, 1.82) is 0 Å². The Bertz CT molecular complexity index is 951. The second-order valence-electron chi connectivity index (χ2n) is 5.88. The van der Waals surface area contributed by atoms with Gasteiger partial charge in [0.2, 0.25) is 0 Å². The number of aromatic nitrogens is 1. The third kappa shape index (κ3) is 4.40. The number of aliphatic hydroxyl groups excluding tert-OH is 3. The first-order valence-electron chi connectivity index (χ1n) is 8.19. The maximum atomic E-state index is 9.66. The van der Waals surface area contributed by atoms with Crippen LogP contribution < -0.4 is 15.2 Å². The molecule has 0 aliphatic carbocycles. The Morgan fingerprint density at radius 3 is 2.63 bits per heavy atom. The molecule has 7 nitrogen and oxygen atoms in total. The number of rotatable bonds is 7. The summed E-state index contributed by atoms with van der Waals surface area (Å²) in [4.78, 5) is 4.30. The van der Waals surface area contributed by atoms with E-state index >= 15 is 0 Å². The summed E-state index contributed by atoms with van der Waals surface area (Å²) >= 11 is 6.03. The van der Waals surface area contributed by atoms with Crippen LogP contribution in [0, 0.1) is 0 Å². The van der Waals surface area contributed by atoms with E-state index in [0.29, 0.717) is 44.4 Å². The summed E-state index contributed by atoms with van der Waals surface area (Å²) in [5, 5.41) is 29.1. The fourth-order valence-corrected chi connectivity index (χ4v) is 2.65. The van der Waals surface area contributed by atoms with Crippen LogP contribution in [0.2, 0.25) is 5.02 Å². The highest BCUT2D eigenvalue weighted by Crippen LogP contribution is 2.34. The Labute approximate surface area is 160 Å². The van der Waals surface area contributed by atoms with Gasteiger partial charge in [0.05, 0.1) is 29.4 Å². The fraction of sp³-hybridized carbons (Fsp3) is 0.211. The van der Waals surface area contributed by atoms with Gasteiger partial charge in [0.25, 0.3) is 0 Å². The molecule has 1 heterocycles. The zero-order valence-electron chi connectivity index (χ0n) is 14.3. The predicted molar refractivity (Wildman–Crippen MR) is 102 cm³/mol. The first-order valence-corrected chi connectivity index (χ1v) is 8.56. The molecule has 142 valence electrons. The normalized spacial score (nSPS) is 12.1. The van der Waals surface area contributed by atoms with E-state index < -0.39 is 12.7 Å². The van der Waals surface area contributed by atoms with Crippen LogP contribution in [0.5, 0.6) is 17.2 Å². The molecule has 2 aromatic carbocycles. The third-order valence-corrected chi connectivity index (χ3v) is 4.22. The van der Waals surface area contributed by atoms with Crippen LogP contribution in [0.3, 0.4) is 0 Å². The summed E-state index contributed by atoms with van der Waals surface area (Å²) in [6.07, 6.45) is 0.576. The number of benzene rings is 2. The molecular weight excluding hydrogens is 372 g/mol. The van der Waals surface area contributed by atoms with Crippen LogP contribution in [0.4, 0.5) is 5.69 Å². The van der Waals surface area contributed by atoms with E-state index in [2.05, 4.69) is 4.98 Å². The van der Waals surface area contributed by atoms with Gasteiger partial charge in [-0.1, -0.05) is 11.6 Å². The van der Waals surface area contributed by atoms with Gasteiger partial charge in [0.1, 0.15) is 30.0 Å². The summed E-state index contributed by atoms with van der Waals surface area (Å²) in [5.74, 6) is 1.41. The Morgan fingerprint density at radius 1 is 1.11 bits per heavy atom. The van der Waals surface area contributed by atoms with Crippen molar-refractivity contribution in [3.05, 3.63) is 53.2 Å². The van der Waals surface area contributed by atoms with Crippen molar-refractivity contribution < 1.29 is 24.8 Å². The highest BCUT2D eigenvalue weighted by atomic mass is 35.5. The minimum absolute atomic E-state index is 0.102. The smallest absolute Gasteiger partial charge is 0.138 e. The molecule has 0 fully saturated rings. The maximum Gasteiger partial charge on any atom is 0.138 e. The highest BCUT2D eigenvalue weighted by molar-refractivity contribution is 6.33. The van der Waals surface area contributed by atoms with Gasteiger partial charge in [0.15, 0.2) is 0 Å². The molecule has 1 atom stereocenters. The van der Waals surface area contributed by atoms with Crippen molar-refractivity contribution in [3.8, 4) is 17.2 Å². The number of fused-ring (bicyclic) bond motifs is 1. The zero-order chi connectivity index (χ0) is 19.4. The van der Waals surface area contributed by atoms with E-state index in [1.807, 2.05) is 0 Å². The summed E-state index contributed by atoms with van der Waals surface area (Å²) in [6, 6.07) is 10.0. The average molecular weight is 391 g/mol. The topological polar surface area (TPSA) is 118 Å². The molecule has 0 saturated heterocycles. The van der Waals surface area contributed by atoms with Gasteiger partial charge in [-0.15, -0.1) is 0 Å². The second-order valence-corrected chi connectivity index (χ2v) is 6.28. The van der Waals surface area contributed by atoms with Gasteiger partial charge in [-0.2, -0.15) is 0 Å². The van der Waals surface area contributed by atoms with Crippen molar-refractivity contribution in [2.24, 2.45) is 0 Å². The minimum Gasteiger partial charge on any atom is -0.490 e. The Hall–Kier alpha value is -2.58. The monoisotopic (exact) mass is 390 g/mol. The number of hydrogen-bond donors (Lipinski definition) is 4. The minimum atomic E-state index is -1.01. The van der Waals surface area contributed by atoms with Crippen molar-refractivity contribution in [2.75, 3.05) is 18.9 Å². The molecule has 5 N–H and O–H groups in total. The predicted octanol–water partition coefficient (Wildman–Crippen LogP) is 2.49. The summed E-state index contributed by atoms with van der Waals surface area (Å²) < 4.78 is 11.4. The molecule has 1 aromatic heterocycles. The van der Waals surface area contributed by atoms with Crippen molar-refractivity contribution >= 4 is 28.2 Å². The summed E-state index contributed by atoms with van der Waals surface area (Å²) in [5.41, 5.74) is 7.25. The number of pyridine rings is 1. The van der Waals surface area contributed by atoms with Gasteiger partial charge in [-0.3, -0.25) is 4.98 Å². The van der Waals surface area contributed by atoms with E-state index in [4.69, 9.17) is 31.9 Å². The molecule has 0 aliphatic rings. The third-order valence-electron chi connectivity index (χ3n) is 3.90. The molecule has 0 saturated carbocycles. The van der Waals surface area contributed by atoms with E-state index in [9.17, 15) is 10.2 Å².